The van der Waals surface area contributed by atoms with Gasteiger partial charge in [0.1, 0.15) is 0 Å². The van der Waals surface area contributed by atoms with Gasteiger partial charge in [0.25, 0.3) is 0 Å². The molecule has 0 unspecified atom stereocenters. The molecule has 0 bridgehead atoms. The highest BCUT2D eigenvalue weighted by Gasteiger charge is 2.38. The maximum absolute atomic E-state index is 12.6. The lowest BCUT2D eigenvalue weighted by Crippen LogP contribution is -2.37. The van der Waals surface area contributed by atoms with Crippen molar-refractivity contribution in [2.24, 2.45) is 17.8 Å². The Morgan fingerprint density at radius 3 is 1.84 bits per heavy atom. The van der Waals surface area contributed by atoms with E-state index >= 15 is 0 Å². The van der Waals surface area contributed by atoms with Crippen LogP contribution in [0, 0.1) is 17.8 Å². The third-order valence-corrected chi connectivity index (χ3v) is 4.62. The number of halogens is 2. The molecule has 0 aromatic carbocycles. The average molecular weight is 276 g/mol. The van der Waals surface area contributed by atoms with Crippen molar-refractivity contribution in [2.45, 2.75) is 64.6 Å². The monoisotopic (exact) mass is 276 g/mol. The van der Waals surface area contributed by atoms with E-state index in [9.17, 15) is 8.78 Å². The van der Waals surface area contributed by atoms with Crippen LogP contribution in [0.4, 0.5) is 8.78 Å². The summed E-state index contributed by atoms with van der Waals surface area (Å²) in [5, 5.41) is 0. The lowest BCUT2D eigenvalue weighted by atomic mass is 9.77. The number of hydrogen-bond acceptors (Lipinski definition) is 2. The Morgan fingerprint density at radius 2 is 1.32 bits per heavy atom. The fraction of sp³-hybridized carbons (Fsp3) is 1.00. The van der Waals surface area contributed by atoms with Crippen LogP contribution in [-0.4, -0.2) is 19.5 Å². The molecule has 2 nitrogen and oxygen atoms in total. The highest BCUT2D eigenvalue weighted by Crippen LogP contribution is 2.35. The molecule has 1 aliphatic carbocycles. The van der Waals surface area contributed by atoms with Crippen LogP contribution >= 0.6 is 0 Å². The maximum Gasteiger partial charge on any atom is 0.485 e. The van der Waals surface area contributed by atoms with Crippen molar-refractivity contribution >= 4 is 0 Å². The van der Waals surface area contributed by atoms with Gasteiger partial charge >= 0.3 is 6.29 Å². The molecule has 2 rings (SSSR count). The maximum atomic E-state index is 12.6. The molecule has 0 atom stereocenters. The van der Waals surface area contributed by atoms with E-state index in [4.69, 9.17) is 0 Å². The summed E-state index contributed by atoms with van der Waals surface area (Å²) in [6.45, 7) is 2.53. The van der Waals surface area contributed by atoms with Crippen LogP contribution in [0.15, 0.2) is 0 Å². The molecule has 2 fully saturated rings. The largest absolute Gasteiger partial charge is 0.485 e. The summed E-state index contributed by atoms with van der Waals surface area (Å²) in [6.07, 6.45) is 6.75. The Bertz CT molecular complexity index is 253. The molecule has 0 aromatic heterocycles. The minimum Gasteiger partial charge on any atom is -0.295 e. The summed E-state index contributed by atoms with van der Waals surface area (Å²) in [5.41, 5.74) is 0. The predicted molar refractivity (Wildman–Crippen MR) is 69.9 cm³/mol. The summed E-state index contributed by atoms with van der Waals surface area (Å²) in [4.78, 5) is 0. The molecule has 4 heteroatoms. The first-order valence-electron chi connectivity index (χ1n) is 7.74. The van der Waals surface area contributed by atoms with Gasteiger partial charge in [0.2, 0.25) is 0 Å². The van der Waals surface area contributed by atoms with E-state index in [1.54, 1.807) is 0 Å². The van der Waals surface area contributed by atoms with Crippen molar-refractivity contribution in [3.8, 4) is 0 Å². The predicted octanol–water partition coefficient (Wildman–Crippen LogP) is 4.59. The van der Waals surface area contributed by atoms with Crippen LogP contribution in [0.2, 0.25) is 0 Å². The summed E-state index contributed by atoms with van der Waals surface area (Å²) < 4.78 is 34.1. The van der Waals surface area contributed by atoms with Gasteiger partial charge in [-0.25, -0.2) is 0 Å². The van der Waals surface area contributed by atoms with E-state index in [0.29, 0.717) is 0 Å². The number of alkyl halides is 2. The molecule has 1 saturated carbocycles. The van der Waals surface area contributed by atoms with Crippen LogP contribution in [0.1, 0.15) is 58.3 Å². The van der Waals surface area contributed by atoms with E-state index < -0.39 is 6.29 Å². The standard InChI is InChI=1S/C15H26F2O2/c1-2-3-12-4-6-13(7-5-12)8-9-14-10-18-15(16,17)19-11-14/h12-14H,2-11H2,1H3. The Kier molecular flexibility index (Phi) is 5.58. The minimum atomic E-state index is -3.35. The second-order valence-electron chi connectivity index (χ2n) is 6.20. The molecule has 112 valence electrons. The third-order valence-electron chi connectivity index (χ3n) is 4.62. The van der Waals surface area contributed by atoms with Gasteiger partial charge in [-0.3, -0.25) is 9.47 Å². The van der Waals surface area contributed by atoms with Crippen LogP contribution in [0.25, 0.3) is 0 Å². The Labute approximate surface area is 114 Å². The summed E-state index contributed by atoms with van der Waals surface area (Å²) in [6, 6.07) is 0. The van der Waals surface area contributed by atoms with Gasteiger partial charge in [0, 0.05) is 5.92 Å². The molecule has 2 aliphatic rings. The zero-order valence-electron chi connectivity index (χ0n) is 11.9. The average Bonchev–Trinajstić information content (AvgIpc) is 2.40. The molecule has 1 saturated heterocycles. The highest BCUT2D eigenvalue weighted by molar-refractivity contribution is 4.74. The first kappa shape index (κ1) is 15.2. The van der Waals surface area contributed by atoms with Crippen LogP contribution in [0.5, 0.6) is 0 Å². The van der Waals surface area contributed by atoms with Crippen molar-refractivity contribution in [1.82, 2.24) is 0 Å². The van der Waals surface area contributed by atoms with Crippen molar-refractivity contribution in [3.05, 3.63) is 0 Å². The lowest BCUT2D eigenvalue weighted by molar-refractivity contribution is -0.420. The van der Waals surface area contributed by atoms with Crippen molar-refractivity contribution in [3.63, 3.8) is 0 Å². The Hall–Kier alpha value is -0.220. The van der Waals surface area contributed by atoms with Gasteiger partial charge in [0.05, 0.1) is 13.2 Å². The normalized spacial score (nSPS) is 32.4. The topological polar surface area (TPSA) is 18.5 Å². The van der Waals surface area contributed by atoms with E-state index in [2.05, 4.69) is 16.4 Å². The molecule has 0 spiro atoms. The fourth-order valence-corrected chi connectivity index (χ4v) is 3.37. The third kappa shape index (κ3) is 4.99. The molecule has 0 amide bonds. The first-order valence-corrected chi connectivity index (χ1v) is 7.74. The molecule has 1 heterocycles. The zero-order chi connectivity index (χ0) is 13.7. The van der Waals surface area contributed by atoms with Crippen molar-refractivity contribution < 1.29 is 18.3 Å². The van der Waals surface area contributed by atoms with Crippen LogP contribution < -0.4 is 0 Å². The minimum absolute atomic E-state index is 0.137. The van der Waals surface area contributed by atoms with E-state index in [1.165, 1.54) is 38.5 Å². The second kappa shape index (κ2) is 6.98. The van der Waals surface area contributed by atoms with Gasteiger partial charge in [-0.1, -0.05) is 51.9 Å². The molecular weight excluding hydrogens is 250 g/mol. The first-order chi connectivity index (χ1) is 9.09. The smallest absolute Gasteiger partial charge is 0.295 e. The van der Waals surface area contributed by atoms with Gasteiger partial charge < -0.3 is 0 Å². The molecule has 0 aromatic rings. The van der Waals surface area contributed by atoms with E-state index in [0.717, 1.165) is 24.7 Å². The Morgan fingerprint density at radius 1 is 0.842 bits per heavy atom. The van der Waals surface area contributed by atoms with E-state index in [1.807, 2.05) is 0 Å². The molecule has 19 heavy (non-hydrogen) atoms. The highest BCUT2D eigenvalue weighted by atomic mass is 19.3. The lowest BCUT2D eigenvalue weighted by Gasteiger charge is -2.31. The zero-order valence-corrected chi connectivity index (χ0v) is 11.9. The van der Waals surface area contributed by atoms with Gasteiger partial charge in [-0.05, 0) is 18.3 Å². The van der Waals surface area contributed by atoms with E-state index in [-0.39, 0.29) is 19.1 Å². The summed E-state index contributed by atoms with van der Waals surface area (Å²) in [5.74, 6) is 1.87. The molecule has 1 aliphatic heterocycles. The van der Waals surface area contributed by atoms with Crippen molar-refractivity contribution in [2.75, 3.05) is 13.2 Å². The number of hydrogen-bond donors (Lipinski definition) is 0. The number of ether oxygens (including phenoxy) is 2. The van der Waals surface area contributed by atoms with Crippen LogP contribution in [-0.2, 0) is 9.47 Å². The van der Waals surface area contributed by atoms with Gasteiger partial charge in [-0.2, -0.15) is 0 Å². The summed E-state index contributed by atoms with van der Waals surface area (Å²) >= 11 is 0. The Balaban J connectivity index is 1.59. The van der Waals surface area contributed by atoms with Crippen LogP contribution in [0.3, 0.4) is 0 Å². The van der Waals surface area contributed by atoms with Crippen molar-refractivity contribution in [1.29, 1.82) is 0 Å². The second-order valence-corrected chi connectivity index (χ2v) is 6.20. The van der Waals surface area contributed by atoms with Gasteiger partial charge in [0.15, 0.2) is 0 Å². The quantitative estimate of drug-likeness (QED) is 0.731. The summed E-state index contributed by atoms with van der Waals surface area (Å²) in [7, 11) is 0. The fourth-order valence-electron chi connectivity index (χ4n) is 3.37. The molecular formula is C15H26F2O2. The van der Waals surface area contributed by atoms with Gasteiger partial charge in [-0.15, -0.1) is 8.78 Å². The molecule has 0 radical (unpaired) electrons. The number of rotatable bonds is 5. The SMILES string of the molecule is CCCC1CCC(CCC2COC(F)(F)OC2)CC1. The molecule has 0 N–H and O–H groups in total.